The first-order valence-electron chi connectivity index (χ1n) is 6.10. The van der Waals surface area contributed by atoms with Crippen molar-refractivity contribution >= 4 is 33.2 Å². The molecule has 1 amide bonds. The molecule has 0 fully saturated rings. The standard InChI is InChI=1S/C13H18BrN3O3/c1-13(2,3)11(15)7-12(18)16-10-6-8(17(19)20)4-5-9(10)14/h4-6,11H,7,15H2,1-3H3,(H,16,18). The van der Waals surface area contributed by atoms with Gasteiger partial charge in [-0.25, -0.2) is 0 Å². The maximum absolute atomic E-state index is 11.9. The van der Waals surface area contributed by atoms with Gasteiger partial charge in [0.1, 0.15) is 0 Å². The van der Waals surface area contributed by atoms with Gasteiger partial charge in [-0.3, -0.25) is 14.9 Å². The van der Waals surface area contributed by atoms with E-state index in [1.165, 1.54) is 18.2 Å². The van der Waals surface area contributed by atoms with Gasteiger partial charge in [-0.05, 0) is 27.4 Å². The lowest BCUT2D eigenvalue weighted by Gasteiger charge is -2.26. The molecule has 1 rings (SSSR count). The molecule has 0 heterocycles. The van der Waals surface area contributed by atoms with Crippen molar-refractivity contribution in [2.75, 3.05) is 5.32 Å². The number of hydrogen-bond acceptors (Lipinski definition) is 4. The summed E-state index contributed by atoms with van der Waals surface area (Å²) in [5, 5.41) is 13.4. The van der Waals surface area contributed by atoms with Gasteiger partial charge >= 0.3 is 0 Å². The largest absolute Gasteiger partial charge is 0.327 e. The van der Waals surface area contributed by atoms with Crippen LogP contribution in [0.4, 0.5) is 11.4 Å². The van der Waals surface area contributed by atoms with E-state index in [1.807, 2.05) is 20.8 Å². The number of nitrogens with one attached hydrogen (secondary N) is 1. The first kappa shape index (κ1) is 16.6. The van der Waals surface area contributed by atoms with Crippen molar-refractivity contribution in [1.82, 2.24) is 0 Å². The average molecular weight is 344 g/mol. The summed E-state index contributed by atoms with van der Waals surface area (Å²) in [5.74, 6) is -0.270. The molecular formula is C13H18BrN3O3. The number of hydrogen-bond donors (Lipinski definition) is 2. The van der Waals surface area contributed by atoms with Crippen molar-refractivity contribution < 1.29 is 9.72 Å². The van der Waals surface area contributed by atoms with E-state index in [1.54, 1.807) is 0 Å². The predicted octanol–water partition coefficient (Wildman–Crippen LogP) is 3.06. The molecule has 0 aliphatic carbocycles. The molecule has 0 radical (unpaired) electrons. The molecule has 7 heteroatoms. The molecule has 1 atom stereocenters. The first-order chi connectivity index (χ1) is 9.11. The van der Waals surface area contributed by atoms with Crippen molar-refractivity contribution in [3.63, 3.8) is 0 Å². The maximum atomic E-state index is 11.9. The normalized spacial score (nSPS) is 12.8. The lowest BCUT2D eigenvalue weighted by molar-refractivity contribution is -0.384. The molecule has 6 nitrogen and oxygen atoms in total. The van der Waals surface area contributed by atoms with Crippen LogP contribution in [0.5, 0.6) is 0 Å². The molecule has 0 bridgehead atoms. The Kier molecular flexibility index (Phi) is 5.24. The molecule has 1 unspecified atom stereocenters. The molecule has 0 aliphatic rings. The Hall–Kier alpha value is -1.47. The number of benzene rings is 1. The number of halogens is 1. The van der Waals surface area contributed by atoms with Gasteiger partial charge in [-0.1, -0.05) is 20.8 Å². The van der Waals surface area contributed by atoms with Crippen LogP contribution in [-0.2, 0) is 4.79 Å². The van der Waals surface area contributed by atoms with Crippen LogP contribution in [0.1, 0.15) is 27.2 Å². The van der Waals surface area contributed by atoms with E-state index in [9.17, 15) is 14.9 Å². The topological polar surface area (TPSA) is 98.3 Å². The Balaban J connectivity index is 2.80. The molecule has 3 N–H and O–H groups in total. The number of nitro benzene ring substituents is 1. The fourth-order valence-electron chi connectivity index (χ4n) is 1.43. The van der Waals surface area contributed by atoms with Gasteiger partial charge in [0.15, 0.2) is 0 Å². The average Bonchev–Trinajstić information content (AvgIpc) is 2.30. The molecular weight excluding hydrogens is 326 g/mol. The first-order valence-corrected chi connectivity index (χ1v) is 6.90. The Labute approximate surface area is 126 Å². The number of carbonyl (C=O) groups is 1. The summed E-state index contributed by atoms with van der Waals surface area (Å²) in [7, 11) is 0. The Morgan fingerprint density at radius 1 is 1.50 bits per heavy atom. The Bertz CT molecular complexity index is 526. The lowest BCUT2D eigenvalue weighted by Crippen LogP contribution is -2.38. The summed E-state index contributed by atoms with van der Waals surface area (Å²) >= 11 is 3.25. The summed E-state index contributed by atoms with van der Waals surface area (Å²) in [6, 6.07) is 3.91. The number of amides is 1. The molecule has 110 valence electrons. The highest BCUT2D eigenvalue weighted by Gasteiger charge is 2.23. The van der Waals surface area contributed by atoms with Gasteiger partial charge in [-0.15, -0.1) is 0 Å². The van der Waals surface area contributed by atoms with E-state index in [4.69, 9.17) is 5.73 Å². The zero-order valence-corrected chi connectivity index (χ0v) is 13.2. The van der Waals surface area contributed by atoms with Crippen molar-refractivity contribution in [2.24, 2.45) is 11.1 Å². The van der Waals surface area contributed by atoms with Gasteiger partial charge in [0.2, 0.25) is 5.91 Å². The van der Waals surface area contributed by atoms with E-state index in [0.29, 0.717) is 10.2 Å². The van der Waals surface area contributed by atoms with Crippen molar-refractivity contribution in [2.45, 2.75) is 33.2 Å². The highest BCUT2D eigenvalue weighted by Crippen LogP contribution is 2.28. The minimum Gasteiger partial charge on any atom is -0.327 e. The number of anilines is 1. The minimum atomic E-state index is -0.511. The van der Waals surface area contributed by atoms with E-state index < -0.39 is 4.92 Å². The van der Waals surface area contributed by atoms with E-state index in [0.717, 1.165) is 0 Å². The van der Waals surface area contributed by atoms with E-state index in [2.05, 4.69) is 21.2 Å². The molecule has 1 aromatic carbocycles. The zero-order chi connectivity index (χ0) is 15.5. The molecule has 20 heavy (non-hydrogen) atoms. The molecule has 0 spiro atoms. The number of non-ortho nitro benzene ring substituents is 1. The van der Waals surface area contributed by atoms with Gasteiger partial charge < -0.3 is 11.1 Å². The monoisotopic (exact) mass is 343 g/mol. The summed E-state index contributed by atoms with van der Waals surface area (Å²) in [6.45, 7) is 5.86. The maximum Gasteiger partial charge on any atom is 0.271 e. The second-order valence-electron chi connectivity index (χ2n) is 5.65. The predicted molar refractivity (Wildman–Crippen MR) is 81.5 cm³/mol. The van der Waals surface area contributed by atoms with Crippen LogP contribution < -0.4 is 11.1 Å². The van der Waals surface area contributed by atoms with Crippen LogP contribution in [0.2, 0.25) is 0 Å². The molecule has 0 saturated carbocycles. The molecule has 0 aromatic heterocycles. The van der Waals surface area contributed by atoms with Crippen LogP contribution in [0.15, 0.2) is 22.7 Å². The third kappa shape index (κ3) is 4.57. The van der Waals surface area contributed by atoms with Crippen molar-refractivity contribution in [1.29, 1.82) is 0 Å². The number of nitrogens with two attached hydrogens (primary N) is 1. The van der Waals surface area contributed by atoms with Gasteiger partial charge in [0.25, 0.3) is 5.69 Å². The van der Waals surface area contributed by atoms with Gasteiger partial charge in [0, 0.05) is 29.1 Å². The third-order valence-corrected chi connectivity index (χ3v) is 3.64. The Morgan fingerprint density at radius 3 is 2.60 bits per heavy atom. The quantitative estimate of drug-likeness (QED) is 0.648. The third-order valence-electron chi connectivity index (χ3n) is 2.95. The second-order valence-corrected chi connectivity index (χ2v) is 6.50. The van der Waals surface area contributed by atoms with Crippen LogP contribution in [0, 0.1) is 15.5 Å². The van der Waals surface area contributed by atoms with Gasteiger partial charge in [-0.2, -0.15) is 0 Å². The molecule has 1 aromatic rings. The van der Waals surface area contributed by atoms with Crippen molar-refractivity contribution in [3.05, 3.63) is 32.8 Å². The lowest BCUT2D eigenvalue weighted by atomic mass is 9.85. The van der Waals surface area contributed by atoms with E-state index in [-0.39, 0.29) is 29.5 Å². The molecule has 0 saturated heterocycles. The summed E-state index contributed by atoms with van der Waals surface area (Å²) in [6.07, 6.45) is 0.151. The van der Waals surface area contributed by atoms with Crippen LogP contribution in [0.3, 0.4) is 0 Å². The minimum absolute atomic E-state index is 0.0800. The number of nitrogens with zero attached hydrogens (tertiary/aromatic N) is 1. The highest BCUT2D eigenvalue weighted by atomic mass is 79.9. The SMILES string of the molecule is CC(C)(C)C(N)CC(=O)Nc1cc([N+](=O)[O-])ccc1Br. The molecule has 0 aliphatic heterocycles. The summed E-state index contributed by atoms with van der Waals surface area (Å²) in [4.78, 5) is 22.1. The van der Waals surface area contributed by atoms with Crippen LogP contribution in [-0.4, -0.2) is 16.9 Å². The number of rotatable bonds is 4. The Morgan fingerprint density at radius 2 is 2.10 bits per heavy atom. The number of nitro groups is 1. The second kappa shape index (κ2) is 6.32. The van der Waals surface area contributed by atoms with Crippen molar-refractivity contribution in [3.8, 4) is 0 Å². The van der Waals surface area contributed by atoms with Crippen LogP contribution in [0.25, 0.3) is 0 Å². The van der Waals surface area contributed by atoms with E-state index >= 15 is 0 Å². The fourth-order valence-corrected chi connectivity index (χ4v) is 1.78. The smallest absolute Gasteiger partial charge is 0.271 e. The highest BCUT2D eigenvalue weighted by molar-refractivity contribution is 9.10. The van der Waals surface area contributed by atoms with Gasteiger partial charge in [0.05, 0.1) is 10.6 Å². The number of carbonyl (C=O) groups excluding carboxylic acids is 1. The summed E-state index contributed by atoms with van der Waals surface area (Å²) in [5.41, 5.74) is 6.04. The summed E-state index contributed by atoms with van der Waals surface area (Å²) < 4.78 is 0.584. The van der Waals surface area contributed by atoms with Crippen LogP contribution >= 0.6 is 15.9 Å². The fraction of sp³-hybridized carbons (Fsp3) is 0.462. The zero-order valence-electron chi connectivity index (χ0n) is 11.6.